The highest BCUT2D eigenvalue weighted by Gasteiger charge is 2.41. The number of aromatic amines is 1. The molecule has 0 spiro atoms. The number of H-pyrrole nitrogens is 1. The molecule has 1 heterocycles. The Balaban J connectivity index is 2.14. The summed E-state index contributed by atoms with van der Waals surface area (Å²) in [6.07, 6.45) is 3.08. The number of rotatable bonds is 5. The summed E-state index contributed by atoms with van der Waals surface area (Å²) >= 11 is 0. The number of carbonyl (C=O) groups is 3. The zero-order valence-electron chi connectivity index (χ0n) is 16.6. The molecule has 27 heavy (non-hydrogen) atoms. The first-order chi connectivity index (χ1) is 12.6. The quantitative estimate of drug-likeness (QED) is 0.631. The number of nitrogens with one attached hydrogen (secondary N) is 1. The van der Waals surface area contributed by atoms with Gasteiger partial charge in [-0.25, -0.2) is 4.79 Å². The van der Waals surface area contributed by atoms with Crippen molar-refractivity contribution in [1.82, 2.24) is 9.88 Å². The predicted octanol–water partition coefficient (Wildman–Crippen LogP) is 3.06. The normalized spacial score (nSPS) is 16.9. The van der Waals surface area contributed by atoms with E-state index in [-0.39, 0.29) is 11.5 Å². The van der Waals surface area contributed by atoms with Gasteiger partial charge in [0.05, 0.1) is 6.07 Å². The molecule has 0 aromatic carbocycles. The zero-order valence-corrected chi connectivity index (χ0v) is 16.6. The molecule has 7 nitrogen and oxygen atoms in total. The third-order valence-corrected chi connectivity index (χ3v) is 5.49. The number of hydrogen-bond donors (Lipinski definition) is 1. The molecule has 1 aromatic rings. The van der Waals surface area contributed by atoms with Crippen LogP contribution in [0, 0.1) is 25.2 Å². The van der Waals surface area contributed by atoms with Crippen molar-refractivity contribution < 1.29 is 19.1 Å². The van der Waals surface area contributed by atoms with Gasteiger partial charge in [0.25, 0.3) is 5.91 Å². The monoisotopic (exact) mass is 373 g/mol. The summed E-state index contributed by atoms with van der Waals surface area (Å²) in [6, 6.07) is 2.29. The molecule has 1 amide bonds. The lowest BCUT2D eigenvalue weighted by Crippen LogP contribution is -2.53. The van der Waals surface area contributed by atoms with Crippen LogP contribution in [0.3, 0.4) is 0 Å². The molecule has 7 heteroatoms. The van der Waals surface area contributed by atoms with Crippen LogP contribution in [-0.4, -0.2) is 46.2 Å². The van der Waals surface area contributed by atoms with Crippen molar-refractivity contribution in [2.45, 2.75) is 71.4 Å². The fourth-order valence-electron chi connectivity index (χ4n) is 3.89. The first-order valence-electron chi connectivity index (χ1n) is 9.24. The number of aryl methyl sites for hydroxylation is 1. The minimum atomic E-state index is -1.03. The van der Waals surface area contributed by atoms with Gasteiger partial charge in [-0.3, -0.25) is 9.59 Å². The molecule has 1 fully saturated rings. The molecule has 0 bridgehead atoms. The van der Waals surface area contributed by atoms with Crippen LogP contribution in [0.1, 0.15) is 78.1 Å². The van der Waals surface area contributed by atoms with Crippen molar-refractivity contribution in [3.8, 4) is 6.07 Å². The number of nitrogens with zero attached hydrogens (tertiary/aromatic N) is 2. The first kappa shape index (κ1) is 20.7. The molecule has 1 atom stereocenters. The van der Waals surface area contributed by atoms with Gasteiger partial charge < -0.3 is 14.6 Å². The van der Waals surface area contributed by atoms with E-state index in [1.807, 2.05) is 0 Å². The van der Waals surface area contributed by atoms with Gasteiger partial charge in [-0.05, 0) is 46.1 Å². The maximum atomic E-state index is 12.8. The lowest BCUT2D eigenvalue weighted by molar-refractivity contribution is -0.143. The van der Waals surface area contributed by atoms with Gasteiger partial charge in [0.2, 0.25) is 0 Å². The van der Waals surface area contributed by atoms with Crippen LogP contribution in [0.4, 0.5) is 0 Å². The van der Waals surface area contributed by atoms with Gasteiger partial charge >= 0.3 is 5.97 Å². The number of Topliss-reactive ketones (excluding diaryl/α,β-unsaturated/α-hetero) is 1. The second kappa shape index (κ2) is 7.95. The summed E-state index contributed by atoms with van der Waals surface area (Å²) in [5.74, 6) is -1.23. The number of likely N-dealkylation sites (N-methyl/N-ethyl adjacent to an activating group) is 1. The Labute approximate surface area is 159 Å². The lowest BCUT2D eigenvalue weighted by Gasteiger charge is -2.39. The summed E-state index contributed by atoms with van der Waals surface area (Å²) in [7, 11) is 1.60. The van der Waals surface area contributed by atoms with E-state index in [1.165, 1.54) is 18.7 Å². The van der Waals surface area contributed by atoms with Gasteiger partial charge in [0, 0.05) is 18.3 Å². The summed E-state index contributed by atoms with van der Waals surface area (Å²) < 4.78 is 5.35. The number of carbonyl (C=O) groups excluding carboxylic acids is 3. The minimum absolute atomic E-state index is 0.141. The maximum Gasteiger partial charge on any atom is 0.355 e. The van der Waals surface area contributed by atoms with Crippen molar-refractivity contribution in [3.63, 3.8) is 0 Å². The molecule has 146 valence electrons. The third-order valence-electron chi connectivity index (χ3n) is 5.49. The van der Waals surface area contributed by atoms with Crippen molar-refractivity contribution in [2.75, 3.05) is 7.05 Å². The van der Waals surface area contributed by atoms with Crippen LogP contribution < -0.4 is 0 Å². The van der Waals surface area contributed by atoms with E-state index < -0.39 is 23.5 Å². The minimum Gasteiger partial charge on any atom is -0.448 e. The van der Waals surface area contributed by atoms with Crippen molar-refractivity contribution in [3.05, 3.63) is 22.5 Å². The summed E-state index contributed by atoms with van der Waals surface area (Å²) in [5.41, 5.74) is 0.903. The highest BCUT2D eigenvalue weighted by molar-refractivity contribution is 6.01. The van der Waals surface area contributed by atoms with Gasteiger partial charge in [-0.1, -0.05) is 19.3 Å². The fraction of sp³-hybridized carbons (Fsp3) is 0.600. The molecule has 2 rings (SSSR count). The van der Waals surface area contributed by atoms with E-state index >= 15 is 0 Å². The van der Waals surface area contributed by atoms with Crippen molar-refractivity contribution in [2.24, 2.45) is 0 Å². The molecule has 0 saturated heterocycles. The van der Waals surface area contributed by atoms with E-state index in [2.05, 4.69) is 11.1 Å². The van der Waals surface area contributed by atoms with Gasteiger partial charge in [-0.2, -0.15) is 5.26 Å². The maximum absolute atomic E-state index is 12.8. The molecule has 1 aromatic heterocycles. The van der Waals surface area contributed by atoms with Crippen LogP contribution in [0.2, 0.25) is 0 Å². The number of ketones is 1. The van der Waals surface area contributed by atoms with Crippen molar-refractivity contribution >= 4 is 17.7 Å². The predicted molar refractivity (Wildman–Crippen MR) is 99.3 cm³/mol. The Hall–Kier alpha value is -2.62. The van der Waals surface area contributed by atoms with E-state index in [4.69, 9.17) is 4.74 Å². The number of hydrogen-bond acceptors (Lipinski definition) is 5. The van der Waals surface area contributed by atoms with Crippen molar-refractivity contribution in [1.29, 1.82) is 5.26 Å². The van der Waals surface area contributed by atoms with Crippen LogP contribution in [0.25, 0.3) is 0 Å². The summed E-state index contributed by atoms with van der Waals surface area (Å²) in [5, 5.41) is 9.64. The summed E-state index contributed by atoms with van der Waals surface area (Å²) in [4.78, 5) is 41.3. The summed E-state index contributed by atoms with van der Waals surface area (Å²) in [6.45, 7) is 6.32. The van der Waals surface area contributed by atoms with Gasteiger partial charge in [-0.15, -0.1) is 0 Å². The Kier molecular flexibility index (Phi) is 6.09. The Morgan fingerprint density at radius 2 is 1.81 bits per heavy atom. The first-order valence-corrected chi connectivity index (χ1v) is 9.24. The van der Waals surface area contributed by atoms with Crippen LogP contribution in [0.5, 0.6) is 0 Å². The van der Waals surface area contributed by atoms with E-state index in [1.54, 1.807) is 20.9 Å². The van der Waals surface area contributed by atoms with E-state index in [0.29, 0.717) is 29.7 Å². The number of ether oxygens (including phenoxy) is 1. The molecule has 1 aliphatic rings. The Morgan fingerprint density at radius 3 is 2.30 bits per heavy atom. The highest BCUT2D eigenvalue weighted by atomic mass is 16.5. The topological polar surface area (TPSA) is 103 Å². The van der Waals surface area contributed by atoms with E-state index in [0.717, 1.165) is 19.3 Å². The van der Waals surface area contributed by atoms with Crippen LogP contribution >= 0.6 is 0 Å². The number of aromatic nitrogens is 1. The van der Waals surface area contributed by atoms with Crippen LogP contribution in [-0.2, 0) is 9.53 Å². The Bertz CT molecular complexity index is 797. The fourth-order valence-corrected chi connectivity index (χ4v) is 3.89. The molecule has 1 N–H and O–H groups in total. The standard InChI is InChI=1S/C20H27N3O4/c1-12-16(14(3)24)13(2)22-17(12)19(26)27-15(4)18(25)23(5)20(11-21)9-7-6-8-10-20/h15,22H,6-10H2,1-5H3. The largest absolute Gasteiger partial charge is 0.448 e. The van der Waals surface area contributed by atoms with Crippen LogP contribution in [0.15, 0.2) is 0 Å². The number of esters is 1. The zero-order chi connectivity index (χ0) is 20.4. The SMILES string of the molecule is CC(=O)c1c(C)[nH]c(C(=O)OC(C)C(=O)N(C)C2(C#N)CCCCC2)c1C. The molecular formula is C20H27N3O4. The molecular weight excluding hydrogens is 346 g/mol. The second-order valence-corrected chi connectivity index (χ2v) is 7.33. The average molecular weight is 373 g/mol. The smallest absolute Gasteiger partial charge is 0.355 e. The Morgan fingerprint density at radius 1 is 1.22 bits per heavy atom. The second-order valence-electron chi connectivity index (χ2n) is 7.33. The number of nitriles is 1. The lowest BCUT2D eigenvalue weighted by atomic mass is 9.81. The third kappa shape index (κ3) is 3.90. The molecule has 1 unspecified atom stereocenters. The average Bonchev–Trinajstić information content (AvgIpc) is 2.95. The molecule has 1 saturated carbocycles. The molecule has 1 aliphatic carbocycles. The molecule has 0 radical (unpaired) electrons. The van der Waals surface area contributed by atoms with Gasteiger partial charge in [0.15, 0.2) is 11.9 Å². The number of amides is 1. The highest BCUT2D eigenvalue weighted by Crippen LogP contribution is 2.33. The van der Waals surface area contributed by atoms with Gasteiger partial charge in [0.1, 0.15) is 11.2 Å². The van der Waals surface area contributed by atoms with E-state index in [9.17, 15) is 19.6 Å². The molecule has 0 aliphatic heterocycles.